The second-order valence-corrected chi connectivity index (χ2v) is 6.91. The lowest BCUT2D eigenvalue weighted by Gasteiger charge is -2.03. The quantitative estimate of drug-likeness (QED) is 0.834. The highest BCUT2D eigenvalue weighted by Gasteiger charge is 2.13. The van der Waals surface area contributed by atoms with Crippen LogP contribution in [0.15, 0.2) is 33.7 Å². The Morgan fingerprint density at radius 3 is 2.50 bits per heavy atom. The zero-order valence-electron chi connectivity index (χ0n) is 13.7. The standard InChI is InChI=1S/C16H19N3O4S/c1-4-15(20)18-16-11(2)19-23-14(16)10-7-12-5-8-13(9-6-12)24(21,22)17-3/h5-10,17H,4H2,1-3H3,(H,18,20)/b10-7-. The summed E-state index contributed by atoms with van der Waals surface area (Å²) in [5.74, 6) is 0.304. The van der Waals surface area contributed by atoms with Gasteiger partial charge in [-0.1, -0.05) is 30.3 Å². The first-order valence-corrected chi connectivity index (χ1v) is 8.83. The van der Waals surface area contributed by atoms with Crippen molar-refractivity contribution in [2.24, 2.45) is 0 Å². The molecule has 0 unspecified atom stereocenters. The Morgan fingerprint density at radius 2 is 1.92 bits per heavy atom. The van der Waals surface area contributed by atoms with Gasteiger partial charge in [-0.3, -0.25) is 4.79 Å². The molecule has 7 nitrogen and oxygen atoms in total. The van der Waals surface area contributed by atoms with Gasteiger partial charge in [-0.25, -0.2) is 13.1 Å². The highest BCUT2D eigenvalue weighted by molar-refractivity contribution is 7.89. The molecule has 0 atom stereocenters. The molecule has 1 amide bonds. The summed E-state index contributed by atoms with van der Waals surface area (Å²) in [6, 6.07) is 6.37. The van der Waals surface area contributed by atoms with Gasteiger partial charge in [0.05, 0.1) is 4.90 Å². The summed E-state index contributed by atoms with van der Waals surface area (Å²) in [5, 5.41) is 6.59. The molecule has 1 heterocycles. The number of carbonyl (C=O) groups excluding carboxylic acids is 1. The summed E-state index contributed by atoms with van der Waals surface area (Å²) in [6.07, 6.45) is 3.78. The highest BCUT2D eigenvalue weighted by Crippen LogP contribution is 2.23. The Kier molecular flexibility index (Phi) is 5.53. The topological polar surface area (TPSA) is 101 Å². The van der Waals surface area contributed by atoms with Crippen LogP contribution < -0.4 is 10.0 Å². The SMILES string of the molecule is CCC(=O)Nc1c(C)noc1/C=C\c1ccc(S(=O)(=O)NC)cc1. The van der Waals surface area contributed by atoms with Gasteiger partial charge in [0.2, 0.25) is 15.9 Å². The van der Waals surface area contributed by atoms with E-state index in [1.165, 1.54) is 19.2 Å². The zero-order chi connectivity index (χ0) is 17.7. The fourth-order valence-corrected chi connectivity index (χ4v) is 2.66. The smallest absolute Gasteiger partial charge is 0.240 e. The average molecular weight is 349 g/mol. The molecule has 0 spiro atoms. The molecule has 0 saturated heterocycles. The molecule has 24 heavy (non-hydrogen) atoms. The summed E-state index contributed by atoms with van der Waals surface area (Å²) in [6.45, 7) is 3.50. The maximum Gasteiger partial charge on any atom is 0.240 e. The molecule has 0 fully saturated rings. The van der Waals surface area contributed by atoms with Crippen LogP contribution in [-0.4, -0.2) is 26.5 Å². The first kappa shape index (κ1) is 17.9. The van der Waals surface area contributed by atoms with E-state index in [1.807, 2.05) is 0 Å². The van der Waals surface area contributed by atoms with Crippen LogP contribution >= 0.6 is 0 Å². The Labute approximate surface area is 140 Å². The minimum absolute atomic E-state index is 0.127. The summed E-state index contributed by atoms with van der Waals surface area (Å²) in [7, 11) is -2.09. The van der Waals surface area contributed by atoms with Gasteiger partial charge in [-0.05, 0) is 37.7 Å². The van der Waals surface area contributed by atoms with E-state index >= 15 is 0 Å². The molecule has 0 radical (unpaired) electrons. The molecule has 1 aromatic heterocycles. The minimum atomic E-state index is -3.45. The van der Waals surface area contributed by atoms with E-state index in [0.29, 0.717) is 23.6 Å². The number of aromatic nitrogens is 1. The number of carbonyl (C=O) groups is 1. The van der Waals surface area contributed by atoms with Crippen LogP contribution in [0.2, 0.25) is 0 Å². The maximum absolute atomic E-state index is 11.7. The lowest BCUT2D eigenvalue weighted by Crippen LogP contribution is -2.18. The largest absolute Gasteiger partial charge is 0.354 e. The first-order valence-electron chi connectivity index (χ1n) is 7.35. The Bertz CT molecular complexity index is 852. The predicted molar refractivity (Wildman–Crippen MR) is 91.8 cm³/mol. The molecule has 8 heteroatoms. The van der Waals surface area contributed by atoms with Crippen molar-refractivity contribution in [3.63, 3.8) is 0 Å². The number of benzene rings is 1. The second-order valence-electron chi connectivity index (χ2n) is 5.02. The monoisotopic (exact) mass is 349 g/mol. The first-order chi connectivity index (χ1) is 11.4. The molecule has 0 saturated carbocycles. The lowest BCUT2D eigenvalue weighted by molar-refractivity contribution is -0.115. The molecule has 0 aliphatic heterocycles. The van der Waals surface area contributed by atoms with E-state index in [0.717, 1.165) is 5.56 Å². The van der Waals surface area contributed by atoms with Crippen molar-refractivity contribution in [1.29, 1.82) is 0 Å². The van der Waals surface area contributed by atoms with Crippen molar-refractivity contribution in [3.8, 4) is 0 Å². The maximum atomic E-state index is 11.7. The number of anilines is 1. The molecule has 2 aromatic rings. The number of rotatable bonds is 6. The van der Waals surface area contributed by atoms with Crippen molar-refractivity contribution in [1.82, 2.24) is 9.88 Å². The van der Waals surface area contributed by atoms with Gasteiger partial charge in [0.15, 0.2) is 5.76 Å². The lowest BCUT2D eigenvalue weighted by atomic mass is 10.2. The molecule has 1 aromatic carbocycles. The third kappa shape index (κ3) is 4.09. The van der Waals surface area contributed by atoms with Crippen LogP contribution in [0.4, 0.5) is 5.69 Å². The highest BCUT2D eigenvalue weighted by atomic mass is 32.2. The van der Waals surface area contributed by atoms with Crippen LogP contribution in [0.25, 0.3) is 12.2 Å². The van der Waals surface area contributed by atoms with Gasteiger partial charge < -0.3 is 9.84 Å². The second kappa shape index (κ2) is 7.41. The minimum Gasteiger partial charge on any atom is -0.354 e. The van der Waals surface area contributed by atoms with Crippen molar-refractivity contribution in [2.45, 2.75) is 25.2 Å². The van der Waals surface area contributed by atoms with Crippen LogP contribution in [0.3, 0.4) is 0 Å². The molecular formula is C16H19N3O4S. The summed E-state index contributed by atoms with van der Waals surface area (Å²) in [4.78, 5) is 11.7. The van der Waals surface area contributed by atoms with Crippen LogP contribution in [0, 0.1) is 6.92 Å². The van der Waals surface area contributed by atoms with Crippen molar-refractivity contribution >= 4 is 33.8 Å². The predicted octanol–water partition coefficient (Wildman–Crippen LogP) is 2.41. The molecule has 0 aliphatic carbocycles. The summed E-state index contributed by atoms with van der Waals surface area (Å²) >= 11 is 0. The van der Waals surface area contributed by atoms with E-state index in [1.54, 1.807) is 38.1 Å². The number of sulfonamides is 1. The van der Waals surface area contributed by atoms with Gasteiger partial charge in [-0.2, -0.15) is 0 Å². The third-order valence-corrected chi connectivity index (χ3v) is 4.79. The zero-order valence-corrected chi connectivity index (χ0v) is 14.5. The Morgan fingerprint density at radius 1 is 1.25 bits per heavy atom. The summed E-state index contributed by atoms with van der Waals surface area (Å²) < 4.78 is 30.8. The number of amides is 1. The van der Waals surface area contributed by atoms with Crippen LogP contribution in [0.1, 0.15) is 30.4 Å². The van der Waals surface area contributed by atoms with E-state index in [-0.39, 0.29) is 10.8 Å². The van der Waals surface area contributed by atoms with Crippen molar-refractivity contribution in [3.05, 3.63) is 41.3 Å². The normalized spacial score (nSPS) is 11.8. The fraction of sp³-hybridized carbons (Fsp3) is 0.250. The van der Waals surface area contributed by atoms with E-state index in [9.17, 15) is 13.2 Å². The fourth-order valence-electron chi connectivity index (χ4n) is 1.93. The van der Waals surface area contributed by atoms with Gasteiger partial charge in [-0.15, -0.1) is 0 Å². The number of nitrogens with zero attached hydrogens (tertiary/aromatic N) is 1. The van der Waals surface area contributed by atoms with Crippen LogP contribution in [0.5, 0.6) is 0 Å². The summed E-state index contributed by atoms with van der Waals surface area (Å²) in [5.41, 5.74) is 1.91. The van der Waals surface area contributed by atoms with Gasteiger partial charge in [0.25, 0.3) is 0 Å². The number of hydrogen-bond acceptors (Lipinski definition) is 5. The van der Waals surface area contributed by atoms with Gasteiger partial charge >= 0.3 is 0 Å². The van der Waals surface area contributed by atoms with Crippen molar-refractivity contribution in [2.75, 3.05) is 12.4 Å². The third-order valence-electron chi connectivity index (χ3n) is 3.36. The number of nitrogens with one attached hydrogen (secondary N) is 2. The molecule has 0 bridgehead atoms. The molecular weight excluding hydrogens is 330 g/mol. The molecule has 128 valence electrons. The molecule has 0 aliphatic rings. The van der Waals surface area contributed by atoms with E-state index in [4.69, 9.17) is 4.52 Å². The van der Waals surface area contributed by atoms with Crippen molar-refractivity contribution < 1.29 is 17.7 Å². The molecule has 2 N–H and O–H groups in total. The number of hydrogen-bond donors (Lipinski definition) is 2. The van der Waals surface area contributed by atoms with E-state index < -0.39 is 10.0 Å². The Hall–Kier alpha value is -2.45. The van der Waals surface area contributed by atoms with Gasteiger partial charge in [0, 0.05) is 6.42 Å². The average Bonchev–Trinajstić information content (AvgIpc) is 2.93. The Balaban J connectivity index is 2.21. The van der Waals surface area contributed by atoms with Gasteiger partial charge in [0.1, 0.15) is 11.4 Å². The van der Waals surface area contributed by atoms with E-state index in [2.05, 4.69) is 15.2 Å². The molecule has 2 rings (SSSR count). The van der Waals surface area contributed by atoms with Crippen LogP contribution in [-0.2, 0) is 14.8 Å². The number of aryl methyl sites for hydroxylation is 1.